The van der Waals surface area contributed by atoms with Crippen molar-refractivity contribution in [3.8, 4) is 5.75 Å². The Morgan fingerprint density at radius 2 is 1.24 bits per heavy atom. The van der Waals surface area contributed by atoms with Crippen LogP contribution in [0.3, 0.4) is 0 Å². The summed E-state index contributed by atoms with van der Waals surface area (Å²) < 4.78 is 20.5. The molecule has 0 N–H and O–H groups in total. The van der Waals surface area contributed by atoms with E-state index in [4.69, 9.17) is 4.43 Å². The van der Waals surface area contributed by atoms with E-state index in [1.165, 1.54) is 22.5 Å². The normalized spacial score (nSPS) is 12.0. The maximum absolute atomic E-state index is 13.8. The third-order valence-electron chi connectivity index (χ3n) is 4.48. The van der Waals surface area contributed by atoms with Gasteiger partial charge in [0, 0.05) is 6.07 Å². The van der Waals surface area contributed by atoms with Crippen LogP contribution in [0.4, 0.5) is 4.39 Å². The van der Waals surface area contributed by atoms with Crippen LogP contribution in [-0.4, -0.2) is 8.32 Å². The van der Waals surface area contributed by atoms with Gasteiger partial charge in [0.25, 0.3) is 0 Å². The first kappa shape index (κ1) is 17.4. The van der Waals surface area contributed by atoms with Crippen molar-refractivity contribution in [2.75, 3.05) is 0 Å². The van der Waals surface area contributed by atoms with E-state index in [1.54, 1.807) is 6.07 Å². The molecular weight excluding hydrogens is 327 g/mol. The maximum Gasteiger partial charge on any atom is 0.319 e. The summed E-state index contributed by atoms with van der Waals surface area (Å²) in [6, 6.07) is 27.2. The highest BCUT2D eigenvalue weighted by atomic mass is 28.4. The van der Waals surface area contributed by atoms with E-state index in [2.05, 4.69) is 45.0 Å². The van der Waals surface area contributed by atoms with Gasteiger partial charge in [-0.1, -0.05) is 87.5 Å². The van der Waals surface area contributed by atoms with Crippen LogP contribution in [0.1, 0.15) is 20.8 Å². The predicted molar refractivity (Wildman–Crippen MR) is 105 cm³/mol. The molecule has 0 radical (unpaired) electrons. The molecule has 0 aliphatic rings. The van der Waals surface area contributed by atoms with Crippen molar-refractivity contribution in [3.05, 3.63) is 90.7 Å². The largest absolute Gasteiger partial charge is 0.534 e. The second kappa shape index (κ2) is 6.85. The van der Waals surface area contributed by atoms with Gasteiger partial charge < -0.3 is 4.43 Å². The Bertz CT molecular complexity index is 786. The standard InChI is InChI=1S/C22H23FOSi/c1-22(2,3)25(20-13-6-4-7-14-20,21-15-8-5-9-16-21)24-19-12-10-11-18(23)17-19/h4-17H,1-3H3. The van der Waals surface area contributed by atoms with Crippen molar-refractivity contribution in [2.45, 2.75) is 25.8 Å². The zero-order valence-electron chi connectivity index (χ0n) is 14.9. The highest BCUT2D eigenvalue weighted by molar-refractivity contribution is 7.00. The Morgan fingerprint density at radius 3 is 1.68 bits per heavy atom. The van der Waals surface area contributed by atoms with E-state index in [1.807, 2.05) is 42.5 Å². The number of hydrogen-bond acceptors (Lipinski definition) is 1. The van der Waals surface area contributed by atoms with E-state index in [0.29, 0.717) is 5.75 Å². The molecule has 0 bridgehead atoms. The molecule has 0 amide bonds. The van der Waals surface area contributed by atoms with E-state index in [-0.39, 0.29) is 10.9 Å². The Hall–Kier alpha value is -2.39. The molecule has 0 unspecified atom stereocenters. The fourth-order valence-corrected chi connectivity index (χ4v) is 7.77. The summed E-state index contributed by atoms with van der Waals surface area (Å²) >= 11 is 0. The zero-order chi connectivity index (χ0) is 17.9. The lowest BCUT2D eigenvalue weighted by Crippen LogP contribution is -2.68. The summed E-state index contributed by atoms with van der Waals surface area (Å²) in [6.07, 6.45) is 0. The first-order valence-electron chi connectivity index (χ1n) is 8.49. The third-order valence-corrected chi connectivity index (χ3v) is 9.43. The molecule has 3 aromatic rings. The minimum absolute atomic E-state index is 0.137. The van der Waals surface area contributed by atoms with Crippen molar-refractivity contribution >= 4 is 18.7 Å². The molecule has 0 atom stereocenters. The molecule has 0 aromatic heterocycles. The summed E-state index contributed by atoms with van der Waals surface area (Å²) in [5.74, 6) is 0.296. The number of hydrogen-bond donors (Lipinski definition) is 0. The van der Waals surface area contributed by atoms with Gasteiger partial charge in [-0.2, -0.15) is 0 Å². The van der Waals surface area contributed by atoms with Crippen LogP contribution >= 0.6 is 0 Å². The Labute approximate surface area is 150 Å². The first-order chi connectivity index (χ1) is 11.9. The molecule has 0 saturated carbocycles. The lowest BCUT2D eigenvalue weighted by Gasteiger charge is -2.43. The molecule has 0 saturated heterocycles. The van der Waals surface area contributed by atoms with Gasteiger partial charge in [-0.25, -0.2) is 4.39 Å². The van der Waals surface area contributed by atoms with Crippen LogP contribution in [0, 0.1) is 5.82 Å². The highest BCUT2D eigenvalue weighted by Crippen LogP contribution is 2.37. The minimum Gasteiger partial charge on any atom is -0.534 e. The molecule has 1 nitrogen and oxygen atoms in total. The van der Waals surface area contributed by atoms with Gasteiger partial charge in [0.1, 0.15) is 11.6 Å². The summed E-state index contributed by atoms with van der Waals surface area (Å²) in [5, 5.41) is 2.22. The molecule has 25 heavy (non-hydrogen) atoms. The van der Waals surface area contributed by atoms with Crippen LogP contribution in [0.15, 0.2) is 84.9 Å². The average molecular weight is 351 g/mol. The van der Waals surface area contributed by atoms with Crippen LogP contribution in [0.5, 0.6) is 5.75 Å². The monoisotopic (exact) mass is 350 g/mol. The molecule has 0 heterocycles. The Kier molecular flexibility index (Phi) is 4.77. The van der Waals surface area contributed by atoms with Crippen LogP contribution < -0.4 is 14.8 Å². The van der Waals surface area contributed by atoms with Gasteiger partial charge in [-0.3, -0.25) is 0 Å². The molecule has 0 fully saturated rings. The lowest BCUT2D eigenvalue weighted by molar-refractivity contribution is 0.502. The number of benzene rings is 3. The van der Waals surface area contributed by atoms with Crippen molar-refractivity contribution < 1.29 is 8.82 Å². The molecule has 0 aliphatic carbocycles. The molecule has 3 aromatic carbocycles. The fraction of sp³-hybridized carbons (Fsp3) is 0.182. The summed E-state index contributed by atoms with van der Waals surface area (Å²) in [5.41, 5.74) is 0. The van der Waals surface area contributed by atoms with Crippen LogP contribution in [-0.2, 0) is 0 Å². The highest BCUT2D eigenvalue weighted by Gasteiger charge is 2.52. The summed E-state index contributed by atoms with van der Waals surface area (Å²) in [4.78, 5) is 0. The van der Waals surface area contributed by atoms with Gasteiger partial charge in [0.05, 0.1) is 0 Å². The van der Waals surface area contributed by atoms with Crippen molar-refractivity contribution in [1.82, 2.24) is 0 Å². The maximum atomic E-state index is 13.8. The first-order valence-corrected chi connectivity index (χ1v) is 10.4. The van der Waals surface area contributed by atoms with Crippen molar-refractivity contribution in [1.29, 1.82) is 0 Å². The van der Waals surface area contributed by atoms with Crippen molar-refractivity contribution in [2.24, 2.45) is 0 Å². The molecule has 3 heteroatoms. The molecular formula is C22H23FOSi. The van der Waals surface area contributed by atoms with Gasteiger partial charge >= 0.3 is 8.32 Å². The molecule has 3 rings (SSSR count). The second-order valence-electron chi connectivity index (χ2n) is 7.22. The molecule has 128 valence electrons. The average Bonchev–Trinajstić information content (AvgIpc) is 2.60. The zero-order valence-corrected chi connectivity index (χ0v) is 15.9. The fourth-order valence-electron chi connectivity index (χ4n) is 3.36. The SMILES string of the molecule is CC(C)(C)[Si](Oc1cccc(F)c1)(c1ccccc1)c1ccccc1. The lowest BCUT2D eigenvalue weighted by atomic mass is 10.2. The topological polar surface area (TPSA) is 9.23 Å². The van der Waals surface area contributed by atoms with Gasteiger partial charge in [-0.05, 0) is 27.5 Å². The second-order valence-corrected chi connectivity index (χ2v) is 11.4. The predicted octanol–water partition coefficient (Wildman–Crippen LogP) is 4.76. The van der Waals surface area contributed by atoms with Gasteiger partial charge in [0.2, 0.25) is 0 Å². The minimum atomic E-state index is -2.68. The molecule has 0 spiro atoms. The number of halogens is 1. The van der Waals surface area contributed by atoms with Crippen LogP contribution in [0.25, 0.3) is 0 Å². The van der Waals surface area contributed by atoms with E-state index >= 15 is 0 Å². The number of rotatable bonds is 4. The smallest absolute Gasteiger partial charge is 0.319 e. The van der Waals surface area contributed by atoms with E-state index < -0.39 is 8.32 Å². The Morgan fingerprint density at radius 1 is 0.720 bits per heavy atom. The Balaban J connectivity index is 2.26. The quantitative estimate of drug-likeness (QED) is 0.616. The van der Waals surface area contributed by atoms with Crippen molar-refractivity contribution in [3.63, 3.8) is 0 Å². The van der Waals surface area contributed by atoms with E-state index in [9.17, 15) is 4.39 Å². The van der Waals surface area contributed by atoms with Gasteiger partial charge in [0.15, 0.2) is 0 Å². The molecule has 0 aliphatic heterocycles. The summed E-state index contributed by atoms with van der Waals surface area (Å²) in [6.45, 7) is 6.62. The summed E-state index contributed by atoms with van der Waals surface area (Å²) in [7, 11) is -2.68. The van der Waals surface area contributed by atoms with E-state index in [0.717, 1.165) is 0 Å². The van der Waals surface area contributed by atoms with Crippen LogP contribution in [0.2, 0.25) is 5.04 Å². The van der Waals surface area contributed by atoms with Gasteiger partial charge in [-0.15, -0.1) is 0 Å². The third kappa shape index (κ3) is 3.38.